The van der Waals surface area contributed by atoms with Crippen LogP contribution in [-0.4, -0.2) is 59.4 Å². The summed E-state index contributed by atoms with van der Waals surface area (Å²) in [6.07, 6.45) is 6.20. The molecule has 0 radical (unpaired) electrons. The van der Waals surface area contributed by atoms with Gasteiger partial charge in [0.15, 0.2) is 0 Å². The lowest BCUT2D eigenvalue weighted by Gasteiger charge is -2.39. The normalized spacial score (nSPS) is 32.8. The Kier molecular flexibility index (Phi) is 5.42. The molecule has 4 nitrogen and oxygen atoms in total. The number of rotatable bonds is 5. The summed E-state index contributed by atoms with van der Waals surface area (Å²) in [5.74, 6) is 0. The Hall–Kier alpha value is -0.160. The number of hydrazine groups is 1. The van der Waals surface area contributed by atoms with E-state index in [1.807, 2.05) is 0 Å². The molecule has 2 saturated heterocycles. The molecule has 18 heavy (non-hydrogen) atoms. The highest BCUT2D eigenvalue weighted by atomic mass is 16.3. The summed E-state index contributed by atoms with van der Waals surface area (Å²) in [6.45, 7) is 8.38. The lowest BCUT2D eigenvalue weighted by molar-refractivity contribution is 0.0207. The van der Waals surface area contributed by atoms with E-state index in [1.165, 1.54) is 32.1 Å². The van der Waals surface area contributed by atoms with Crippen molar-refractivity contribution in [2.75, 3.05) is 26.2 Å². The molecule has 2 fully saturated rings. The molecule has 0 bridgehead atoms. The number of hydrogen-bond acceptors (Lipinski definition) is 4. The van der Waals surface area contributed by atoms with Crippen LogP contribution in [0.4, 0.5) is 0 Å². The molecule has 0 spiro atoms. The molecule has 2 aliphatic rings. The number of likely N-dealkylation sites (tertiary alicyclic amines) is 1. The molecule has 0 aromatic carbocycles. The Balaban J connectivity index is 1.68. The third-order valence-corrected chi connectivity index (χ3v) is 4.37. The van der Waals surface area contributed by atoms with E-state index < -0.39 is 0 Å². The smallest absolute Gasteiger partial charge is 0.0805 e. The Morgan fingerprint density at radius 1 is 1.11 bits per heavy atom. The van der Waals surface area contributed by atoms with Gasteiger partial charge >= 0.3 is 0 Å². The van der Waals surface area contributed by atoms with Crippen molar-refractivity contribution in [3.63, 3.8) is 0 Å². The van der Waals surface area contributed by atoms with Gasteiger partial charge in [-0.05, 0) is 52.6 Å². The van der Waals surface area contributed by atoms with Crippen LogP contribution in [0.25, 0.3) is 0 Å². The highest BCUT2D eigenvalue weighted by Gasteiger charge is 2.25. The van der Waals surface area contributed by atoms with Crippen LogP contribution in [-0.2, 0) is 0 Å². The minimum atomic E-state index is -0.246. The third-order valence-electron chi connectivity index (χ3n) is 4.37. The molecular weight excluding hydrogens is 226 g/mol. The van der Waals surface area contributed by atoms with Crippen LogP contribution in [0.5, 0.6) is 0 Å². The Labute approximate surface area is 111 Å². The maximum absolute atomic E-state index is 10.1. The highest BCUT2D eigenvalue weighted by molar-refractivity contribution is 4.78. The molecule has 2 heterocycles. The van der Waals surface area contributed by atoms with Crippen molar-refractivity contribution < 1.29 is 5.11 Å². The summed E-state index contributed by atoms with van der Waals surface area (Å²) in [5, 5.41) is 12.4. The predicted octanol–water partition coefficient (Wildman–Crippen LogP) is 1.21. The molecule has 2 aliphatic heterocycles. The van der Waals surface area contributed by atoms with E-state index in [2.05, 4.69) is 29.2 Å². The van der Waals surface area contributed by atoms with E-state index in [1.54, 1.807) is 0 Å². The summed E-state index contributed by atoms with van der Waals surface area (Å²) in [5.41, 5.74) is 3.45. The molecule has 3 atom stereocenters. The summed E-state index contributed by atoms with van der Waals surface area (Å²) in [6, 6.07) is 1.18. The van der Waals surface area contributed by atoms with Crippen LogP contribution in [0.2, 0.25) is 0 Å². The van der Waals surface area contributed by atoms with Gasteiger partial charge < -0.3 is 10.0 Å². The van der Waals surface area contributed by atoms with Crippen molar-refractivity contribution in [2.45, 2.75) is 64.1 Å². The zero-order chi connectivity index (χ0) is 13.0. The van der Waals surface area contributed by atoms with Crippen LogP contribution in [0.1, 0.15) is 46.0 Å². The van der Waals surface area contributed by atoms with Crippen molar-refractivity contribution in [3.05, 3.63) is 0 Å². The largest absolute Gasteiger partial charge is 0.390 e. The topological polar surface area (TPSA) is 38.7 Å². The quantitative estimate of drug-likeness (QED) is 0.774. The van der Waals surface area contributed by atoms with E-state index in [9.17, 15) is 5.11 Å². The fourth-order valence-electron chi connectivity index (χ4n) is 3.27. The zero-order valence-corrected chi connectivity index (χ0v) is 11.9. The number of aliphatic hydroxyl groups is 1. The monoisotopic (exact) mass is 255 g/mol. The summed E-state index contributed by atoms with van der Waals surface area (Å²) in [4.78, 5) is 2.37. The first kappa shape index (κ1) is 14.3. The Morgan fingerprint density at radius 3 is 2.33 bits per heavy atom. The number of β-amino-alcohol motifs (C(OH)–C–C–N with tert-alkyl or cyclic N) is 1. The van der Waals surface area contributed by atoms with Gasteiger partial charge in [0.1, 0.15) is 0 Å². The van der Waals surface area contributed by atoms with Gasteiger partial charge in [-0.2, -0.15) is 0 Å². The number of nitrogens with zero attached hydrogens (tertiary/aromatic N) is 2. The van der Waals surface area contributed by atoms with Crippen LogP contribution < -0.4 is 5.43 Å². The maximum atomic E-state index is 10.1. The number of aliphatic hydroxyl groups excluding tert-OH is 1. The molecule has 3 unspecified atom stereocenters. The van der Waals surface area contributed by atoms with Gasteiger partial charge in [0.2, 0.25) is 0 Å². The lowest BCUT2D eigenvalue weighted by atomic mass is 10.00. The SMILES string of the molecule is CC1CCCC(C)N1NCC(O)CN1CCCC1. The fraction of sp³-hybridized carbons (Fsp3) is 1.00. The van der Waals surface area contributed by atoms with Crippen molar-refractivity contribution >= 4 is 0 Å². The van der Waals surface area contributed by atoms with E-state index in [4.69, 9.17) is 0 Å². The van der Waals surface area contributed by atoms with Gasteiger partial charge in [0, 0.05) is 25.2 Å². The summed E-state index contributed by atoms with van der Waals surface area (Å²) in [7, 11) is 0. The minimum Gasteiger partial charge on any atom is -0.390 e. The predicted molar refractivity (Wildman–Crippen MR) is 74.3 cm³/mol. The van der Waals surface area contributed by atoms with Gasteiger partial charge in [-0.15, -0.1) is 0 Å². The standard InChI is InChI=1S/C14H29N3O/c1-12-6-5-7-13(2)17(12)15-10-14(18)11-16-8-3-4-9-16/h12-15,18H,3-11H2,1-2H3. The average Bonchev–Trinajstić information content (AvgIpc) is 2.81. The van der Waals surface area contributed by atoms with Crippen molar-refractivity contribution in [3.8, 4) is 0 Å². The van der Waals surface area contributed by atoms with Crippen LogP contribution in [0.3, 0.4) is 0 Å². The van der Waals surface area contributed by atoms with Gasteiger partial charge in [0.05, 0.1) is 6.10 Å². The van der Waals surface area contributed by atoms with Crippen molar-refractivity contribution in [1.29, 1.82) is 0 Å². The first-order valence-corrected chi connectivity index (χ1v) is 7.59. The number of nitrogens with one attached hydrogen (secondary N) is 1. The zero-order valence-electron chi connectivity index (χ0n) is 11.9. The molecule has 2 N–H and O–H groups in total. The average molecular weight is 255 g/mol. The Bertz CT molecular complexity index is 233. The second-order valence-corrected chi connectivity index (χ2v) is 6.06. The van der Waals surface area contributed by atoms with Crippen molar-refractivity contribution in [1.82, 2.24) is 15.3 Å². The highest BCUT2D eigenvalue weighted by Crippen LogP contribution is 2.20. The maximum Gasteiger partial charge on any atom is 0.0805 e. The molecule has 2 rings (SSSR count). The molecule has 4 heteroatoms. The Morgan fingerprint density at radius 2 is 1.72 bits per heavy atom. The van der Waals surface area contributed by atoms with E-state index in [-0.39, 0.29) is 6.10 Å². The van der Waals surface area contributed by atoms with E-state index in [0.717, 1.165) is 19.6 Å². The summed E-state index contributed by atoms with van der Waals surface area (Å²) >= 11 is 0. The fourth-order valence-corrected chi connectivity index (χ4v) is 3.27. The van der Waals surface area contributed by atoms with Gasteiger partial charge in [-0.1, -0.05) is 6.42 Å². The van der Waals surface area contributed by atoms with Crippen LogP contribution in [0.15, 0.2) is 0 Å². The molecule has 0 amide bonds. The molecular formula is C14H29N3O. The van der Waals surface area contributed by atoms with E-state index in [0.29, 0.717) is 18.6 Å². The van der Waals surface area contributed by atoms with Crippen LogP contribution >= 0.6 is 0 Å². The summed E-state index contributed by atoms with van der Waals surface area (Å²) < 4.78 is 0. The van der Waals surface area contributed by atoms with Crippen LogP contribution in [0, 0.1) is 0 Å². The third kappa shape index (κ3) is 3.92. The number of piperidine rings is 1. The van der Waals surface area contributed by atoms with E-state index >= 15 is 0 Å². The van der Waals surface area contributed by atoms with Crippen molar-refractivity contribution in [2.24, 2.45) is 0 Å². The van der Waals surface area contributed by atoms with Gasteiger partial charge in [-0.25, -0.2) is 5.01 Å². The van der Waals surface area contributed by atoms with Gasteiger partial charge in [-0.3, -0.25) is 5.43 Å². The van der Waals surface area contributed by atoms with Gasteiger partial charge in [0.25, 0.3) is 0 Å². The second kappa shape index (κ2) is 6.85. The minimum absolute atomic E-state index is 0.246. The first-order chi connectivity index (χ1) is 8.66. The molecule has 0 aliphatic carbocycles. The molecule has 0 saturated carbocycles. The molecule has 0 aromatic rings. The second-order valence-electron chi connectivity index (χ2n) is 6.06. The molecule has 106 valence electrons. The number of hydrogen-bond donors (Lipinski definition) is 2. The molecule has 0 aromatic heterocycles. The lowest BCUT2D eigenvalue weighted by Crippen LogP contribution is -2.54. The first-order valence-electron chi connectivity index (χ1n) is 7.59.